The Morgan fingerprint density at radius 2 is 2.50 bits per heavy atom. The predicted octanol–water partition coefficient (Wildman–Crippen LogP) is 2.31. The van der Waals surface area contributed by atoms with Crippen LogP contribution >= 0.6 is 11.3 Å². The van der Waals surface area contributed by atoms with Crippen LogP contribution in [0.15, 0.2) is 17.5 Å². The molecule has 3 atom stereocenters. The van der Waals surface area contributed by atoms with Gasteiger partial charge in [0.05, 0.1) is 12.2 Å². The molecule has 2 bridgehead atoms. The number of carbonyl (C=O) groups is 1. The number of thiophene rings is 1. The van der Waals surface area contributed by atoms with Gasteiger partial charge in [-0.1, -0.05) is 6.07 Å². The molecule has 2 fully saturated rings. The van der Waals surface area contributed by atoms with Crippen molar-refractivity contribution in [1.29, 1.82) is 0 Å². The molecular weight excluding hydrogens is 224 g/mol. The quantitative estimate of drug-likeness (QED) is 0.879. The van der Waals surface area contributed by atoms with Gasteiger partial charge in [0.2, 0.25) is 0 Å². The van der Waals surface area contributed by atoms with Crippen molar-refractivity contribution >= 4 is 17.3 Å². The lowest BCUT2D eigenvalue weighted by molar-refractivity contribution is -0.152. The molecule has 3 unspecified atom stereocenters. The fourth-order valence-corrected chi connectivity index (χ4v) is 3.84. The highest BCUT2D eigenvalue weighted by molar-refractivity contribution is 7.09. The minimum absolute atomic E-state index is 0.0721. The van der Waals surface area contributed by atoms with Crippen LogP contribution in [0.3, 0.4) is 0 Å². The molecule has 2 aliphatic heterocycles. The molecular formula is C12H14O3S. The van der Waals surface area contributed by atoms with E-state index in [0.717, 1.165) is 17.7 Å². The smallest absolute Gasteiger partial charge is 0.312 e. The molecule has 0 aromatic carbocycles. The molecule has 1 aromatic rings. The van der Waals surface area contributed by atoms with E-state index in [0.29, 0.717) is 12.8 Å². The van der Waals surface area contributed by atoms with Crippen LogP contribution in [0, 0.1) is 5.41 Å². The Kier molecular flexibility index (Phi) is 2.30. The SMILES string of the molecule is O=C(O)C1(Cc2cccs2)CC2CCC1O2. The van der Waals surface area contributed by atoms with E-state index in [4.69, 9.17) is 4.74 Å². The van der Waals surface area contributed by atoms with Crippen LogP contribution in [0.1, 0.15) is 24.1 Å². The third-order valence-corrected chi connectivity index (χ3v) is 4.69. The topological polar surface area (TPSA) is 46.5 Å². The Hall–Kier alpha value is -0.870. The molecule has 1 N–H and O–H groups in total. The van der Waals surface area contributed by atoms with Crippen molar-refractivity contribution < 1.29 is 14.6 Å². The highest BCUT2D eigenvalue weighted by Gasteiger charge is 2.57. The van der Waals surface area contributed by atoms with Crippen LogP contribution in [-0.4, -0.2) is 23.3 Å². The van der Waals surface area contributed by atoms with E-state index >= 15 is 0 Å². The van der Waals surface area contributed by atoms with Gasteiger partial charge in [0.25, 0.3) is 0 Å². The minimum atomic E-state index is -0.687. The van der Waals surface area contributed by atoms with Crippen molar-refractivity contribution in [3.05, 3.63) is 22.4 Å². The maximum Gasteiger partial charge on any atom is 0.312 e. The maximum absolute atomic E-state index is 11.6. The number of carboxylic acids is 1. The average Bonchev–Trinajstić information content (AvgIpc) is 2.92. The van der Waals surface area contributed by atoms with E-state index in [1.807, 2.05) is 17.5 Å². The third kappa shape index (κ3) is 1.40. The van der Waals surface area contributed by atoms with Crippen molar-refractivity contribution in [2.45, 2.75) is 37.9 Å². The van der Waals surface area contributed by atoms with Gasteiger partial charge in [-0.25, -0.2) is 0 Å². The van der Waals surface area contributed by atoms with Crippen molar-refractivity contribution in [2.75, 3.05) is 0 Å². The van der Waals surface area contributed by atoms with Gasteiger partial charge in [-0.05, 0) is 30.7 Å². The first kappa shape index (κ1) is 10.3. The number of hydrogen-bond donors (Lipinski definition) is 1. The van der Waals surface area contributed by atoms with Crippen LogP contribution in [0.4, 0.5) is 0 Å². The molecule has 3 rings (SSSR count). The lowest BCUT2D eigenvalue weighted by atomic mass is 9.71. The Bertz CT molecular complexity index is 400. The highest BCUT2D eigenvalue weighted by atomic mass is 32.1. The summed E-state index contributed by atoms with van der Waals surface area (Å²) in [5.74, 6) is -0.687. The Morgan fingerprint density at radius 3 is 3.00 bits per heavy atom. The maximum atomic E-state index is 11.6. The van der Waals surface area contributed by atoms with Gasteiger partial charge in [0.1, 0.15) is 5.41 Å². The first-order valence-electron chi connectivity index (χ1n) is 5.62. The molecule has 1 aromatic heterocycles. The molecule has 0 amide bonds. The fourth-order valence-electron chi connectivity index (χ4n) is 3.01. The number of ether oxygens (including phenoxy) is 1. The number of aliphatic carboxylic acids is 1. The van der Waals surface area contributed by atoms with Crippen LogP contribution < -0.4 is 0 Å². The molecule has 16 heavy (non-hydrogen) atoms. The van der Waals surface area contributed by atoms with Crippen molar-refractivity contribution in [1.82, 2.24) is 0 Å². The van der Waals surface area contributed by atoms with E-state index < -0.39 is 11.4 Å². The summed E-state index contributed by atoms with van der Waals surface area (Å²) in [6, 6.07) is 3.99. The summed E-state index contributed by atoms with van der Waals surface area (Å²) in [5.41, 5.74) is -0.659. The first-order valence-corrected chi connectivity index (χ1v) is 6.50. The van der Waals surface area contributed by atoms with Gasteiger partial charge in [0, 0.05) is 11.3 Å². The Morgan fingerprint density at radius 1 is 1.62 bits per heavy atom. The van der Waals surface area contributed by atoms with Gasteiger partial charge in [-0.3, -0.25) is 4.79 Å². The van der Waals surface area contributed by atoms with Crippen molar-refractivity contribution in [3.63, 3.8) is 0 Å². The fraction of sp³-hybridized carbons (Fsp3) is 0.583. The van der Waals surface area contributed by atoms with Gasteiger partial charge in [0.15, 0.2) is 0 Å². The standard InChI is InChI=1S/C12H14O3S/c13-11(14)12(7-9-2-1-5-16-9)6-8-3-4-10(12)15-8/h1-2,5,8,10H,3-4,6-7H2,(H,13,14). The average molecular weight is 238 g/mol. The third-order valence-electron chi connectivity index (χ3n) is 3.81. The highest BCUT2D eigenvalue weighted by Crippen LogP contribution is 2.50. The van der Waals surface area contributed by atoms with E-state index in [9.17, 15) is 9.90 Å². The minimum Gasteiger partial charge on any atom is -0.481 e. The molecule has 2 aliphatic rings. The molecule has 0 aliphatic carbocycles. The normalized spacial score (nSPS) is 36.8. The predicted molar refractivity (Wildman–Crippen MR) is 60.6 cm³/mol. The number of hydrogen-bond acceptors (Lipinski definition) is 3. The van der Waals surface area contributed by atoms with Crippen LogP contribution in [-0.2, 0) is 16.0 Å². The lowest BCUT2D eigenvalue weighted by Gasteiger charge is -2.30. The summed E-state index contributed by atoms with van der Waals surface area (Å²) in [6.07, 6.45) is 3.36. The lowest BCUT2D eigenvalue weighted by Crippen LogP contribution is -2.42. The molecule has 0 saturated carbocycles. The van der Waals surface area contributed by atoms with Crippen molar-refractivity contribution in [2.24, 2.45) is 5.41 Å². The summed E-state index contributed by atoms with van der Waals surface area (Å²) in [5, 5.41) is 11.5. The van der Waals surface area contributed by atoms with Crippen molar-refractivity contribution in [3.8, 4) is 0 Å². The molecule has 3 heterocycles. The molecule has 2 saturated heterocycles. The summed E-state index contributed by atoms with van der Waals surface area (Å²) in [7, 11) is 0. The van der Waals surface area contributed by atoms with Gasteiger partial charge < -0.3 is 9.84 Å². The molecule has 86 valence electrons. The summed E-state index contributed by atoms with van der Waals surface area (Å²) >= 11 is 1.63. The molecule has 0 spiro atoms. The van der Waals surface area contributed by atoms with E-state index in [2.05, 4.69) is 0 Å². The second kappa shape index (κ2) is 3.57. The van der Waals surface area contributed by atoms with Gasteiger partial charge in [-0.2, -0.15) is 0 Å². The Balaban J connectivity index is 1.89. The number of rotatable bonds is 3. The van der Waals surface area contributed by atoms with Crippen LogP contribution in [0.25, 0.3) is 0 Å². The second-order valence-corrected chi connectivity index (χ2v) is 5.78. The summed E-state index contributed by atoms with van der Waals surface area (Å²) < 4.78 is 5.72. The number of carboxylic acid groups (broad SMARTS) is 1. The van der Waals surface area contributed by atoms with E-state index in [-0.39, 0.29) is 12.2 Å². The van der Waals surface area contributed by atoms with Crippen LogP contribution in [0.2, 0.25) is 0 Å². The largest absolute Gasteiger partial charge is 0.481 e. The van der Waals surface area contributed by atoms with Gasteiger partial charge in [-0.15, -0.1) is 11.3 Å². The zero-order chi connectivity index (χ0) is 11.2. The van der Waals surface area contributed by atoms with E-state index in [1.54, 1.807) is 11.3 Å². The molecule has 4 heteroatoms. The second-order valence-electron chi connectivity index (χ2n) is 4.75. The van der Waals surface area contributed by atoms with Gasteiger partial charge >= 0.3 is 5.97 Å². The van der Waals surface area contributed by atoms with Crippen LogP contribution in [0.5, 0.6) is 0 Å². The summed E-state index contributed by atoms with van der Waals surface area (Å²) in [6.45, 7) is 0. The summed E-state index contributed by atoms with van der Waals surface area (Å²) in [4.78, 5) is 12.7. The zero-order valence-electron chi connectivity index (χ0n) is 8.89. The monoisotopic (exact) mass is 238 g/mol. The Labute approximate surface area is 98.0 Å². The first-order chi connectivity index (χ1) is 7.71. The zero-order valence-corrected chi connectivity index (χ0v) is 9.70. The molecule has 0 radical (unpaired) electrons. The molecule has 3 nitrogen and oxygen atoms in total. The number of fused-ring (bicyclic) bond motifs is 2. The van der Waals surface area contributed by atoms with E-state index in [1.165, 1.54) is 0 Å².